The van der Waals surface area contributed by atoms with Gasteiger partial charge in [-0.25, -0.2) is 9.78 Å². The van der Waals surface area contributed by atoms with Gasteiger partial charge >= 0.3 is 5.97 Å². The first-order valence-corrected chi connectivity index (χ1v) is 6.46. The van der Waals surface area contributed by atoms with Crippen LogP contribution in [0.25, 0.3) is 15.2 Å². The summed E-state index contributed by atoms with van der Waals surface area (Å²) in [5, 5.41) is 0. The number of nitrogens with zero attached hydrogens (tertiary/aromatic N) is 2. The SMILES string of the molecule is COC(=O)c1cn2c(n1)sc1cccc(Br)c12. The second-order valence-corrected chi connectivity index (χ2v) is 5.32. The van der Waals surface area contributed by atoms with E-state index in [0.717, 1.165) is 19.7 Å². The molecule has 0 N–H and O–H groups in total. The molecule has 0 aliphatic heterocycles. The molecule has 2 aromatic heterocycles. The fourth-order valence-corrected chi connectivity index (χ4v) is 3.43. The number of fused-ring (bicyclic) bond motifs is 3. The van der Waals surface area contributed by atoms with Gasteiger partial charge in [-0.1, -0.05) is 17.4 Å². The van der Waals surface area contributed by atoms with Crippen molar-refractivity contribution in [1.29, 1.82) is 0 Å². The quantitative estimate of drug-likeness (QED) is 0.649. The van der Waals surface area contributed by atoms with Crippen LogP contribution in [-0.2, 0) is 4.74 Å². The Bertz CT molecular complexity index is 732. The normalized spacial score (nSPS) is 11.2. The highest BCUT2D eigenvalue weighted by molar-refractivity contribution is 9.10. The molecule has 0 saturated carbocycles. The maximum atomic E-state index is 11.4. The summed E-state index contributed by atoms with van der Waals surface area (Å²) in [6.07, 6.45) is 1.70. The summed E-state index contributed by atoms with van der Waals surface area (Å²) in [5.41, 5.74) is 1.35. The first kappa shape index (κ1) is 10.7. The maximum absolute atomic E-state index is 11.4. The second-order valence-electron chi connectivity index (χ2n) is 3.46. The van der Waals surface area contributed by atoms with Crippen molar-refractivity contribution < 1.29 is 9.53 Å². The number of hydrogen-bond donors (Lipinski definition) is 0. The third-order valence-corrected chi connectivity index (χ3v) is 4.12. The Morgan fingerprint density at radius 2 is 2.35 bits per heavy atom. The van der Waals surface area contributed by atoms with Crippen molar-refractivity contribution in [3.8, 4) is 0 Å². The summed E-state index contributed by atoms with van der Waals surface area (Å²) >= 11 is 5.04. The van der Waals surface area contributed by atoms with Gasteiger partial charge in [0.2, 0.25) is 0 Å². The Morgan fingerprint density at radius 1 is 1.53 bits per heavy atom. The van der Waals surface area contributed by atoms with E-state index in [-0.39, 0.29) is 0 Å². The summed E-state index contributed by atoms with van der Waals surface area (Å²) < 4.78 is 8.66. The van der Waals surface area contributed by atoms with Gasteiger partial charge < -0.3 is 4.74 Å². The average molecular weight is 311 g/mol. The van der Waals surface area contributed by atoms with Crippen molar-refractivity contribution in [3.63, 3.8) is 0 Å². The Balaban J connectivity index is 2.34. The van der Waals surface area contributed by atoms with Crippen molar-refractivity contribution in [1.82, 2.24) is 9.38 Å². The fourth-order valence-electron chi connectivity index (χ4n) is 1.71. The summed E-state index contributed by atoms with van der Waals surface area (Å²) in [5.74, 6) is -0.416. The molecule has 0 saturated heterocycles. The van der Waals surface area contributed by atoms with Crippen LogP contribution in [0.1, 0.15) is 10.5 Å². The zero-order valence-corrected chi connectivity index (χ0v) is 11.2. The zero-order chi connectivity index (χ0) is 12.0. The molecule has 1 aromatic carbocycles. The number of imidazole rings is 1. The maximum Gasteiger partial charge on any atom is 0.358 e. The number of thiazole rings is 1. The van der Waals surface area contributed by atoms with Crippen LogP contribution in [-0.4, -0.2) is 22.5 Å². The number of para-hydroxylation sites is 1. The van der Waals surface area contributed by atoms with Crippen LogP contribution in [0.4, 0.5) is 0 Å². The van der Waals surface area contributed by atoms with Gasteiger partial charge in [0, 0.05) is 10.7 Å². The van der Waals surface area contributed by atoms with E-state index >= 15 is 0 Å². The summed E-state index contributed by atoms with van der Waals surface area (Å²) in [4.78, 5) is 16.4. The van der Waals surface area contributed by atoms with Gasteiger partial charge in [0.05, 0.1) is 17.3 Å². The number of hydrogen-bond acceptors (Lipinski definition) is 4. The number of esters is 1. The second kappa shape index (κ2) is 3.82. The molecule has 86 valence electrons. The van der Waals surface area contributed by atoms with Gasteiger partial charge in [-0.2, -0.15) is 0 Å². The van der Waals surface area contributed by atoms with Gasteiger partial charge in [0.15, 0.2) is 10.7 Å². The van der Waals surface area contributed by atoms with E-state index in [0.29, 0.717) is 5.69 Å². The molecule has 0 fully saturated rings. The number of ether oxygens (including phenoxy) is 1. The smallest absolute Gasteiger partial charge is 0.358 e. The topological polar surface area (TPSA) is 43.6 Å². The fraction of sp³-hybridized carbons (Fsp3) is 0.0909. The molecule has 3 aromatic rings. The van der Waals surface area contributed by atoms with E-state index in [1.807, 2.05) is 22.6 Å². The van der Waals surface area contributed by atoms with Gasteiger partial charge in [-0.3, -0.25) is 4.40 Å². The molecule has 0 radical (unpaired) electrons. The first-order valence-electron chi connectivity index (χ1n) is 4.85. The highest BCUT2D eigenvalue weighted by Crippen LogP contribution is 2.31. The zero-order valence-electron chi connectivity index (χ0n) is 8.81. The molecular weight excluding hydrogens is 304 g/mol. The van der Waals surface area contributed by atoms with Crippen molar-refractivity contribution >= 4 is 48.4 Å². The highest BCUT2D eigenvalue weighted by atomic mass is 79.9. The lowest BCUT2D eigenvalue weighted by Crippen LogP contribution is -2.00. The van der Waals surface area contributed by atoms with Gasteiger partial charge in [-0.05, 0) is 28.1 Å². The third kappa shape index (κ3) is 1.56. The van der Waals surface area contributed by atoms with E-state index < -0.39 is 5.97 Å². The van der Waals surface area contributed by atoms with Crippen LogP contribution >= 0.6 is 27.3 Å². The van der Waals surface area contributed by atoms with Gasteiger partial charge in [0.1, 0.15) is 0 Å². The minimum atomic E-state index is -0.416. The predicted octanol–water partition coefficient (Wildman–Crippen LogP) is 3.10. The molecule has 4 nitrogen and oxygen atoms in total. The molecule has 3 rings (SSSR count). The number of aromatic nitrogens is 2. The molecule has 6 heteroatoms. The molecule has 0 bridgehead atoms. The number of carbonyl (C=O) groups excluding carboxylic acids is 1. The molecule has 17 heavy (non-hydrogen) atoms. The van der Waals surface area contributed by atoms with E-state index in [4.69, 9.17) is 0 Å². The van der Waals surface area contributed by atoms with Crippen LogP contribution in [0.15, 0.2) is 28.9 Å². The molecule has 0 spiro atoms. The number of halogens is 1. The number of carbonyl (C=O) groups is 1. The van der Waals surface area contributed by atoms with E-state index in [1.165, 1.54) is 18.4 Å². The van der Waals surface area contributed by atoms with Crippen molar-refractivity contribution in [2.45, 2.75) is 0 Å². The lowest BCUT2D eigenvalue weighted by Gasteiger charge is -1.94. The van der Waals surface area contributed by atoms with Gasteiger partial charge in [0.25, 0.3) is 0 Å². The van der Waals surface area contributed by atoms with Crippen LogP contribution < -0.4 is 0 Å². The Morgan fingerprint density at radius 3 is 3.12 bits per heavy atom. The molecule has 0 unspecified atom stereocenters. The minimum absolute atomic E-state index is 0.330. The molecule has 0 aliphatic rings. The third-order valence-electron chi connectivity index (χ3n) is 2.46. The standard InChI is InChI=1S/C11H7BrN2O2S/c1-16-10(15)7-5-14-9-6(12)3-2-4-8(9)17-11(14)13-7/h2-5H,1H3. The minimum Gasteiger partial charge on any atom is -0.464 e. The lowest BCUT2D eigenvalue weighted by molar-refractivity contribution is 0.0595. The van der Waals surface area contributed by atoms with Crippen molar-refractivity contribution in [2.75, 3.05) is 7.11 Å². The lowest BCUT2D eigenvalue weighted by atomic mass is 10.3. The highest BCUT2D eigenvalue weighted by Gasteiger charge is 2.15. The van der Waals surface area contributed by atoms with Crippen LogP contribution in [0.3, 0.4) is 0 Å². The Kier molecular flexibility index (Phi) is 2.41. The summed E-state index contributed by atoms with van der Waals surface area (Å²) in [6.45, 7) is 0. The molecule has 2 heterocycles. The van der Waals surface area contributed by atoms with Crippen LogP contribution in [0, 0.1) is 0 Å². The summed E-state index contributed by atoms with van der Waals surface area (Å²) in [7, 11) is 1.35. The predicted molar refractivity (Wildman–Crippen MR) is 69.6 cm³/mol. The van der Waals surface area contributed by atoms with Crippen molar-refractivity contribution in [2.24, 2.45) is 0 Å². The van der Waals surface area contributed by atoms with E-state index in [2.05, 4.69) is 25.7 Å². The molecule has 0 aliphatic carbocycles. The molecule has 0 amide bonds. The monoisotopic (exact) mass is 310 g/mol. The number of benzene rings is 1. The number of rotatable bonds is 1. The largest absolute Gasteiger partial charge is 0.464 e. The average Bonchev–Trinajstić information content (AvgIpc) is 2.85. The summed E-state index contributed by atoms with van der Waals surface area (Å²) in [6, 6.07) is 5.97. The molecule has 0 atom stereocenters. The van der Waals surface area contributed by atoms with Crippen LogP contribution in [0.5, 0.6) is 0 Å². The van der Waals surface area contributed by atoms with E-state index in [9.17, 15) is 4.79 Å². The van der Waals surface area contributed by atoms with Gasteiger partial charge in [-0.15, -0.1) is 0 Å². The first-order chi connectivity index (χ1) is 8.20. The molecular formula is C11H7BrN2O2S. The van der Waals surface area contributed by atoms with E-state index in [1.54, 1.807) is 6.20 Å². The number of methoxy groups -OCH3 is 1. The van der Waals surface area contributed by atoms with Crippen molar-refractivity contribution in [3.05, 3.63) is 34.6 Å². The Hall–Kier alpha value is -1.40. The van der Waals surface area contributed by atoms with Crippen LogP contribution in [0.2, 0.25) is 0 Å². The Labute approximate surface area is 109 Å².